The van der Waals surface area contributed by atoms with Gasteiger partial charge in [-0.2, -0.15) is 0 Å². The van der Waals surface area contributed by atoms with Gasteiger partial charge in [-0.15, -0.1) is 0 Å². The third-order valence-corrected chi connectivity index (χ3v) is 3.34. The smallest absolute Gasteiger partial charge is 0.139 e. The van der Waals surface area contributed by atoms with Crippen LogP contribution < -0.4 is 10.5 Å². The first-order valence-electron chi connectivity index (χ1n) is 6.83. The Hall–Kier alpha value is -2.53. The number of ether oxygens (including phenoxy) is 1. The van der Waals surface area contributed by atoms with Crippen LogP contribution in [0, 0.1) is 0 Å². The van der Waals surface area contributed by atoms with Crippen molar-refractivity contribution in [2.75, 3.05) is 12.3 Å². The number of pyridine rings is 1. The highest BCUT2D eigenvalue weighted by atomic mass is 16.5. The Balaban J connectivity index is 2.05. The number of rotatable bonds is 4. The maximum Gasteiger partial charge on any atom is 0.139 e. The Morgan fingerprint density at radius 1 is 1.19 bits per heavy atom. The third kappa shape index (κ3) is 2.43. The van der Waals surface area contributed by atoms with E-state index in [-0.39, 0.29) is 6.61 Å². The number of nitrogens with zero attached hydrogens (tertiary/aromatic N) is 2. The second kappa shape index (κ2) is 5.46. The van der Waals surface area contributed by atoms with Crippen molar-refractivity contribution in [1.29, 1.82) is 0 Å². The highest BCUT2D eigenvalue weighted by Crippen LogP contribution is 2.28. The first kappa shape index (κ1) is 13.5. The monoisotopic (exact) mass is 283 g/mol. The molecule has 0 bridgehead atoms. The number of imidazole rings is 1. The summed E-state index contributed by atoms with van der Waals surface area (Å²) in [6.07, 6.45) is 1.80. The maximum atomic E-state index is 9.20. The maximum absolute atomic E-state index is 9.20. The van der Waals surface area contributed by atoms with Gasteiger partial charge in [-0.1, -0.05) is 6.07 Å². The van der Waals surface area contributed by atoms with Gasteiger partial charge >= 0.3 is 0 Å². The molecule has 0 saturated carbocycles. The van der Waals surface area contributed by atoms with Crippen LogP contribution in [0.1, 0.15) is 12.5 Å². The van der Waals surface area contributed by atoms with Gasteiger partial charge in [0.05, 0.1) is 13.2 Å². The van der Waals surface area contributed by atoms with Gasteiger partial charge in [-0.3, -0.25) is 4.40 Å². The topological polar surface area (TPSA) is 72.8 Å². The second-order valence-electron chi connectivity index (χ2n) is 4.73. The standard InChI is InChI=1S/C16H17N3O2/c1-2-21-13-6-4-12(5-7-13)15-16(17)19-9-11(10-20)3-8-14(19)18-15/h3-9,20H,2,10,17H2,1H3. The molecule has 3 N–H and O–H groups in total. The summed E-state index contributed by atoms with van der Waals surface area (Å²) in [5, 5.41) is 9.20. The number of aliphatic hydroxyl groups is 1. The van der Waals surface area contributed by atoms with E-state index in [0.29, 0.717) is 12.4 Å². The summed E-state index contributed by atoms with van der Waals surface area (Å²) in [4.78, 5) is 4.55. The van der Waals surface area contributed by atoms with E-state index >= 15 is 0 Å². The van der Waals surface area contributed by atoms with Crippen LogP contribution in [0.2, 0.25) is 0 Å². The van der Waals surface area contributed by atoms with Crippen molar-refractivity contribution >= 4 is 11.5 Å². The zero-order valence-electron chi connectivity index (χ0n) is 11.8. The Kier molecular flexibility index (Phi) is 3.50. The SMILES string of the molecule is CCOc1ccc(-c2nc3ccc(CO)cn3c2N)cc1. The molecule has 108 valence electrons. The van der Waals surface area contributed by atoms with Crippen LogP contribution in [0.25, 0.3) is 16.9 Å². The van der Waals surface area contributed by atoms with Crippen molar-refractivity contribution in [1.82, 2.24) is 9.38 Å². The Morgan fingerprint density at radius 2 is 1.95 bits per heavy atom. The minimum atomic E-state index is -0.0219. The molecule has 1 aromatic carbocycles. The summed E-state index contributed by atoms with van der Waals surface area (Å²) >= 11 is 0. The van der Waals surface area contributed by atoms with Gasteiger partial charge in [0.15, 0.2) is 0 Å². The van der Waals surface area contributed by atoms with Crippen LogP contribution in [0.15, 0.2) is 42.6 Å². The van der Waals surface area contributed by atoms with Crippen molar-refractivity contribution in [3.8, 4) is 17.0 Å². The Bertz CT molecular complexity index is 763. The minimum Gasteiger partial charge on any atom is -0.494 e. The Labute approximate surface area is 122 Å². The van der Waals surface area contributed by atoms with Crippen LogP contribution in [-0.4, -0.2) is 21.1 Å². The molecule has 0 saturated heterocycles. The highest BCUT2D eigenvalue weighted by Gasteiger charge is 2.11. The zero-order valence-corrected chi connectivity index (χ0v) is 11.8. The molecule has 3 aromatic rings. The molecule has 2 aromatic heterocycles. The second-order valence-corrected chi connectivity index (χ2v) is 4.73. The fourth-order valence-corrected chi connectivity index (χ4v) is 2.29. The molecular weight excluding hydrogens is 266 g/mol. The van der Waals surface area contributed by atoms with Crippen LogP contribution in [0.5, 0.6) is 5.75 Å². The number of nitrogen functional groups attached to an aromatic ring is 1. The molecule has 0 aliphatic carbocycles. The highest BCUT2D eigenvalue weighted by molar-refractivity contribution is 5.75. The quantitative estimate of drug-likeness (QED) is 0.771. The molecule has 5 nitrogen and oxygen atoms in total. The summed E-state index contributed by atoms with van der Waals surface area (Å²) in [7, 11) is 0. The van der Waals surface area contributed by atoms with Gasteiger partial charge in [-0.25, -0.2) is 4.98 Å². The van der Waals surface area contributed by atoms with Gasteiger partial charge in [0.2, 0.25) is 0 Å². The van der Waals surface area contributed by atoms with Crippen molar-refractivity contribution < 1.29 is 9.84 Å². The summed E-state index contributed by atoms with van der Waals surface area (Å²) in [5.74, 6) is 1.38. The number of aliphatic hydroxyl groups excluding tert-OH is 1. The molecule has 3 rings (SSSR count). The lowest BCUT2D eigenvalue weighted by Gasteiger charge is -2.04. The lowest BCUT2D eigenvalue weighted by Crippen LogP contribution is -1.96. The van der Waals surface area contributed by atoms with Crippen LogP contribution in [0.3, 0.4) is 0 Å². The van der Waals surface area contributed by atoms with Gasteiger partial charge in [0.25, 0.3) is 0 Å². The largest absolute Gasteiger partial charge is 0.494 e. The Morgan fingerprint density at radius 3 is 2.62 bits per heavy atom. The summed E-state index contributed by atoms with van der Waals surface area (Å²) in [6.45, 7) is 2.57. The summed E-state index contributed by atoms with van der Waals surface area (Å²) < 4.78 is 7.22. The van der Waals surface area contributed by atoms with Crippen LogP contribution in [-0.2, 0) is 6.61 Å². The molecule has 0 aliphatic heterocycles. The molecule has 0 atom stereocenters. The van der Waals surface area contributed by atoms with Crippen molar-refractivity contribution in [2.45, 2.75) is 13.5 Å². The van der Waals surface area contributed by atoms with Crippen molar-refractivity contribution in [3.05, 3.63) is 48.2 Å². The van der Waals surface area contributed by atoms with Crippen molar-refractivity contribution in [2.24, 2.45) is 0 Å². The van der Waals surface area contributed by atoms with Gasteiger partial charge < -0.3 is 15.6 Å². The minimum absolute atomic E-state index is 0.0219. The molecular formula is C16H17N3O2. The first-order valence-corrected chi connectivity index (χ1v) is 6.83. The van der Waals surface area contributed by atoms with Gasteiger partial charge in [-0.05, 0) is 42.8 Å². The lowest BCUT2D eigenvalue weighted by molar-refractivity contribution is 0.281. The molecule has 0 aliphatic rings. The lowest BCUT2D eigenvalue weighted by atomic mass is 10.1. The van der Waals surface area contributed by atoms with E-state index in [2.05, 4.69) is 4.98 Å². The molecule has 0 amide bonds. The molecule has 0 spiro atoms. The number of nitrogens with two attached hydrogens (primary N) is 1. The molecule has 5 heteroatoms. The predicted octanol–water partition coefficient (Wildman–Crippen LogP) is 2.47. The zero-order chi connectivity index (χ0) is 14.8. The van der Waals surface area contributed by atoms with E-state index in [0.717, 1.165) is 28.2 Å². The number of fused-ring (bicyclic) bond motifs is 1. The van der Waals surface area contributed by atoms with Crippen LogP contribution >= 0.6 is 0 Å². The number of anilines is 1. The van der Waals surface area contributed by atoms with E-state index in [4.69, 9.17) is 10.5 Å². The summed E-state index contributed by atoms with van der Waals surface area (Å²) in [6, 6.07) is 11.4. The van der Waals surface area contributed by atoms with Crippen LogP contribution in [0.4, 0.5) is 5.82 Å². The number of hydrogen-bond acceptors (Lipinski definition) is 4. The fraction of sp³-hybridized carbons (Fsp3) is 0.188. The van der Waals surface area contributed by atoms with E-state index in [9.17, 15) is 5.11 Å². The predicted molar refractivity (Wildman–Crippen MR) is 82.1 cm³/mol. The number of hydrogen-bond donors (Lipinski definition) is 2. The van der Waals surface area contributed by atoms with Crippen molar-refractivity contribution in [3.63, 3.8) is 0 Å². The molecule has 0 unspecified atom stereocenters. The van der Waals surface area contributed by atoms with Gasteiger partial charge in [0.1, 0.15) is 22.9 Å². The molecule has 2 heterocycles. The number of aromatic nitrogens is 2. The van der Waals surface area contributed by atoms with E-state index in [1.807, 2.05) is 43.3 Å². The molecule has 0 radical (unpaired) electrons. The molecule has 0 fully saturated rings. The molecule has 21 heavy (non-hydrogen) atoms. The van der Waals surface area contributed by atoms with E-state index in [1.54, 1.807) is 10.6 Å². The average Bonchev–Trinajstić information content (AvgIpc) is 2.85. The average molecular weight is 283 g/mol. The first-order chi connectivity index (χ1) is 10.2. The summed E-state index contributed by atoms with van der Waals surface area (Å²) in [5.41, 5.74) is 9.40. The number of benzene rings is 1. The van der Waals surface area contributed by atoms with E-state index in [1.165, 1.54) is 0 Å². The fourth-order valence-electron chi connectivity index (χ4n) is 2.29. The normalized spacial score (nSPS) is 11.0. The van der Waals surface area contributed by atoms with Gasteiger partial charge in [0, 0.05) is 11.8 Å². The third-order valence-electron chi connectivity index (χ3n) is 3.34. The van der Waals surface area contributed by atoms with E-state index < -0.39 is 0 Å².